The average Bonchev–Trinajstić information content (AvgIpc) is 3.04. The van der Waals surface area contributed by atoms with Crippen molar-refractivity contribution in [3.8, 4) is 22.3 Å². The zero-order valence-corrected chi connectivity index (χ0v) is 26.3. The summed E-state index contributed by atoms with van der Waals surface area (Å²) in [5, 5.41) is 18.7. The van der Waals surface area contributed by atoms with Gasteiger partial charge in [-0.2, -0.15) is 0 Å². The van der Waals surface area contributed by atoms with E-state index >= 15 is 4.39 Å². The number of hydrogen-bond donors (Lipinski definition) is 2. The van der Waals surface area contributed by atoms with Gasteiger partial charge in [0, 0.05) is 24.7 Å². The molecule has 2 nitrogen and oxygen atoms in total. The van der Waals surface area contributed by atoms with Gasteiger partial charge in [-0.05, 0) is 108 Å². The molecule has 0 heterocycles. The molecule has 0 saturated heterocycles. The predicted molar refractivity (Wildman–Crippen MR) is 179 cm³/mol. The molecule has 3 heteroatoms. The highest BCUT2D eigenvalue weighted by molar-refractivity contribution is 5.69. The highest BCUT2D eigenvalue weighted by Gasteiger charge is 2.13. The third-order valence-corrected chi connectivity index (χ3v) is 8.82. The molecule has 0 spiro atoms. The minimum absolute atomic E-state index is 0.00839. The summed E-state index contributed by atoms with van der Waals surface area (Å²) in [6, 6.07) is 27.8. The molecule has 0 aromatic heterocycles. The molecule has 2 N–H and O–H groups in total. The number of halogens is 1. The van der Waals surface area contributed by atoms with Crippen molar-refractivity contribution in [2.45, 2.75) is 85.0 Å². The quantitative estimate of drug-likeness (QED) is 0.130. The standard InChI is InChI=1S/C40H49FO2/c1-4-7-8-9-29-14-19-36(20-15-29)37-21-16-30(24-34(37)5-2)10-11-32-18-23-39(40(41)26-32)38-22-17-31(25-35(38)6-3)12-13-33(27-42)28-43/h14-26,33,42-43H,4-13,27-28H2,1-3H3. The topological polar surface area (TPSA) is 40.5 Å². The van der Waals surface area contributed by atoms with Crippen LogP contribution in [0.3, 0.4) is 0 Å². The molecule has 0 aliphatic heterocycles. The Balaban J connectivity index is 1.42. The second-order valence-corrected chi connectivity index (χ2v) is 11.9. The van der Waals surface area contributed by atoms with E-state index < -0.39 is 0 Å². The van der Waals surface area contributed by atoms with Crippen molar-refractivity contribution in [1.82, 2.24) is 0 Å². The summed E-state index contributed by atoms with van der Waals surface area (Å²) in [6.07, 6.45) is 9.92. The highest BCUT2D eigenvalue weighted by atomic mass is 19.1. The van der Waals surface area contributed by atoms with Crippen LogP contribution in [-0.4, -0.2) is 23.4 Å². The lowest BCUT2D eigenvalue weighted by Gasteiger charge is -2.15. The van der Waals surface area contributed by atoms with Crippen LogP contribution in [0.4, 0.5) is 4.39 Å². The van der Waals surface area contributed by atoms with Crippen molar-refractivity contribution in [3.05, 3.63) is 118 Å². The molecule has 4 rings (SSSR count). The van der Waals surface area contributed by atoms with Crippen LogP contribution in [0.15, 0.2) is 78.9 Å². The lowest BCUT2D eigenvalue weighted by molar-refractivity contribution is 0.144. The first-order valence-electron chi connectivity index (χ1n) is 16.3. The van der Waals surface area contributed by atoms with Gasteiger partial charge >= 0.3 is 0 Å². The smallest absolute Gasteiger partial charge is 0.131 e. The Morgan fingerprint density at radius 2 is 1.09 bits per heavy atom. The molecule has 0 unspecified atom stereocenters. The van der Waals surface area contributed by atoms with Crippen LogP contribution in [0.25, 0.3) is 22.3 Å². The summed E-state index contributed by atoms with van der Waals surface area (Å²) in [7, 11) is 0. The van der Waals surface area contributed by atoms with Crippen molar-refractivity contribution in [2.24, 2.45) is 5.92 Å². The average molecular weight is 581 g/mol. The van der Waals surface area contributed by atoms with Crippen LogP contribution in [-0.2, 0) is 38.5 Å². The maximum Gasteiger partial charge on any atom is 0.131 e. The Hall–Kier alpha value is -3.27. The molecule has 0 aliphatic carbocycles. The van der Waals surface area contributed by atoms with Gasteiger partial charge in [0.05, 0.1) is 0 Å². The fourth-order valence-corrected chi connectivity index (χ4v) is 6.00. The van der Waals surface area contributed by atoms with E-state index in [0.717, 1.165) is 67.2 Å². The molecule has 0 saturated carbocycles. The van der Waals surface area contributed by atoms with E-state index in [1.165, 1.54) is 47.1 Å². The van der Waals surface area contributed by atoms with Crippen LogP contribution >= 0.6 is 0 Å². The first kappa shape index (κ1) is 32.6. The van der Waals surface area contributed by atoms with Crippen molar-refractivity contribution in [2.75, 3.05) is 13.2 Å². The number of aliphatic hydroxyl groups is 2. The molecule has 4 aromatic carbocycles. The van der Waals surface area contributed by atoms with Gasteiger partial charge in [-0.3, -0.25) is 0 Å². The first-order valence-corrected chi connectivity index (χ1v) is 16.3. The first-order chi connectivity index (χ1) is 21.0. The molecule has 43 heavy (non-hydrogen) atoms. The lowest BCUT2D eigenvalue weighted by Crippen LogP contribution is -2.12. The van der Waals surface area contributed by atoms with E-state index in [2.05, 4.69) is 75.4 Å². The normalized spacial score (nSPS) is 11.4. The molecule has 0 aliphatic rings. The maximum atomic E-state index is 15.4. The van der Waals surface area contributed by atoms with Gasteiger partial charge in [0.15, 0.2) is 0 Å². The summed E-state index contributed by atoms with van der Waals surface area (Å²) in [4.78, 5) is 0. The Kier molecular flexibility index (Phi) is 12.6. The van der Waals surface area contributed by atoms with Gasteiger partial charge in [-0.15, -0.1) is 0 Å². The Morgan fingerprint density at radius 1 is 0.558 bits per heavy atom. The van der Waals surface area contributed by atoms with E-state index in [1.807, 2.05) is 18.2 Å². The molecule has 4 aromatic rings. The predicted octanol–water partition coefficient (Wildman–Crippen LogP) is 9.34. The van der Waals surface area contributed by atoms with Crippen LogP contribution in [0.1, 0.15) is 79.8 Å². The molecule has 0 fully saturated rings. The van der Waals surface area contributed by atoms with Crippen LogP contribution in [0.5, 0.6) is 0 Å². The van der Waals surface area contributed by atoms with E-state index in [0.29, 0.717) is 5.56 Å². The van der Waals surface area contributed by atoms with Crippen LogP contribution in [0.2, 0.25) is 0 Å². The summed E-state index contributed by atoms with van der Waals surface area (Å²) in [6.45, 7) is 6.54. The summed E-state index contributed by atoms with van der Waals surface area (Å²) in [5.41, 5.74) is 11.5. The third-order valence-electron chi connectivity index (χ3n) is 8.82. The number of unbranched alkanes of at least 4 members (excludes halogenated alkanes) is 2. The number of aliphatic hydroxyl groups excluding tert-OH is 2. The van der Waals surface area contributed by atoms with E-state index in [1.54, 1.807) is 6.07 Å². The van der Waals surface area contributed by atoms with Crippen molar-refractivity contribution in [1.29, 1.82) is 0 Å². The Morgan fingerprint density at radius 3 is 1.67 bits per heavy atom. The molecular formula is C40H49FO2. The van der Waals surface area contributed by atoms with Gasteiger partial charge in [-0.1, -0.05) is 106 Å². The summed E-state index contributed by atoms with van der Waals surface area (Å²) in [5.74, 6) is -0.276. The van der Waals surface area contributed by atoms with E-state index in [-0.39, 0.29) is 24.9 Å². The summed E-state index contributed by atoms with van der Waals surface area (Å²) < 4.78 is 15.4. The largest absolute Gasteiger partial charge is 0.396 e. The van der Waals surface area contributed by atoms with Gasteiger partial charge in [-0.25, -0.2) is 4.39 Å². The number of rotatable bonds is 16. The molecule has 0 amide bonds. The number of benzene rings is 4. The molecule has 0 atom stereocenters. The summed E-state index contributed by atoms with van der Waals surface area (Å²) >= 11 is 0. The zero-order valence-electron chi connectivity index (χ0n) is 26.3. The number of aryl methyl sites for hydroxylation is 6. The van der Waals surface area contributed by atoms with Crippen LogP contribution < -0.4 is 0 Å². The van der Waals surface area contributed by atoms with Gasteiger partial charge < -0.3 is 10.2 Å². The van der Waals surface area contributed by atoms with Gasteiger partial charge in [0.1, 0.15) is 5.82 Å². The van der Waals surface area contributed by atoms with Crippen molar-refractivity contribution >= 4 is 0 Å². The number of hydrogen-bond acceptors (Lipinski definition) is 2. The third kappa shape index (κ3) is 8.87. The van der Waals surface area contributed by atoms with Crippen molar-refractivity contribution < 1.29 is 14.6 Å². The SMILES string of the molecule is CCCCCc1ccc(-c2ccc(CCc3ccc(-c4ccc(CCC(CO)CO)cc4CC)c(F)c3)cc2CC)cc1. The van der Waals surface area contributed by atoms with Gasteiger partial charge in [0.2, 0.25) is 0 Å². The Labute approximate surface area is 258 Å². The van der Waals surface area contributed by atoms with Crippen molar-refractivity contribution in [3.63, 3.8) is 0 Å². The van der Waals surface area contributed by atoms with E-state index in [4.69, 9.17) is 0 Å². The molecular weight excluding hydrogens is 531 g/mol. The minimum Gasteiger partial charge on any atom is -0.396 e. The maximum absolute atomic E-state index is 15.4. The fourth-order valence-electron chi connectivity index (χ4n) is 6.00. The second kappa shape index (κ2) is 16.5. The van der Waals surface area contributed by atoms with Crippen LogP contribution in [0, 0.1) is 11.7 Å². The molecule has 0 bridgehead atoms. The zero-order chi connectivity index (χ0) is 30.6. The minimum atomic E-state index is -0.177. The lowest BCUT2D eigenvalue weighted by atomic mass is 9.91. The monoisotopic (exact) mass is 580 g/mol. The Bertz CT molecular complexity index is 1440. The molecule has 0 radical (unpaired) electrons. The second-order valence-electron chi connectivity index (χ2n) is 11.9. The van der Waals surface area contributed by atoms with E-state index in [9.17, 15) is 10.2 Å². The highest BCUT2D eigenvalue weighted by Crippen LogP contribution is 2.30. The fraction of sp³-hybridized carbons (Fsp3) is 0.400. The van der Waals surface area contributed by atoms with Gasteiger partial charge in [0.25, 0.3) is 0 Å². The molecule has 228 valence electrons.